The number of carbonyl (C=O) groups is 1. The van der Waals surface area contributed by atoms with Crippen LogP contribution in [0.5, 0.6) is 5.75 Å². The lowest BCUT2D eigenvalue weighted by Crippen LogP contribution is -2.30. The highest BCUT2D eigenvalue weighted by Crippen LogP contribution is 2.24. The molecule has 1 amide bonds. The van der Waals surface area contributed by atoms with Crippen LogP contribution in [0.1, 0.15) is 18.9 Å². The topological polar surface area (TPSA) is 84.8 Å². The maximum atomic E-state index is 11.6. The van der Waals surface area contributed by atoms with Crippen LogP contribution in [0.2, 0.25) is 0 Å². The molecule has 1 unspecified atom stereocenters. The molecule has 0 aliphatic carbocycles. The SMILES string of the molecule is COc1ccc(S(C)(=O)=O)cc1C=CC1=NNC(=O)CC1C. The van der Waals surface area contributed by atoms with Crippen LogP contribution in [0.4, 0.5) is 0 Å². The number of benzene rings is 1. The molecular formula is C15H18N2O4S. The average Bonchev–Trinajstić information content (AvgIpc) is 2.45. The molecule has 118 valence electrons. The van der Waals surface area contributed by atoms with Crippen LogP contribution >= 0.6 is 0 Å². The molecular weight excluding hydrogens is 304 g/mol. The highest BCUT2D eigenvalue weighted by molar-refractivity contribution is 7.90. The molecule has 0 fully saturated rings. The van der Waals surface area contributed by atoms with Crippen molar-refractivity contribution in [3.05, 3.63) is 29.8 Å². The fraction of sp³-hybridized carbons (Fsp3) is 0.333. The maximum absolute atomic E-state index is 11.6. The number of methoxy groups -OCH3 is 1. The third-order valence-corrected chi connectivity index (χ3v) is 4.48. The number of hydrogen-bond acceptors (Lipinski definition) is 5. The van der Waals surface area contributed by atoms with Gasteiger partial charge in [-0.3, -0.25) is 4.79 Å². The number of allylic oxidation sites excluding steroid dienone is 1. The molecule has 1 N–H and O–H groups in total. The Morgan fingerprint density at radius 2 is 2.09 bits per heavy atom. The molecule has 1 heterocycles. The summed E-state index contributed by atoms with van der Waals surface area (Å²) >= 11 is 0. The van der Waals surface area contributed by atoms with Crippen molar-refractivity contribution in [1.29, 1.82) is 0 Å². The van der Waals surface area contributed by atoms with E-state index in [0.29, 0.717) is 17.7 Å². The van der Waals surface area contributed by atoms with Crippen LogP contribution < -0.4 is 10.2 Å². The van der Waals surface area contributed by atoms with Gasteiger partial charge in [0.2, 0.25) is 5.91 Å². The number of sulfone groups is 1. The van der Waals surface area contributed by atoms with Crippen molar-refractivity contribution < 1.29 is 17.9 Å². The summed E-state index contributed by atoms with van der Waals surface area (Å²) in [7, 11) is -1.77. The second-order valence-electron chi connectivity index (χ2n) is 5.19. The predicted octanol–water partition coefficient (Wildman–Crippen LogP) is 1.62. The van der Waals surface area contributed by atoms with E-state index < -0.39 is 9.84 Å². The van der Waals surface area contributed by atoms with Gasteiger partial charge in [-0.25, -0.2) is 13.8 Å². The van der Waals surface area contributed by atoms with E-state index in [4.69, 9.17) is 4.74 Å². The van der Waals surface area contributed by atoms with Gasteiger partial charge in [0.1, 0.15) is 5.75 Å². The van der Waals surface area contributed by atoms with E-state index in [2.05, 4.69) is 10.5 Å². The first kappa shape index (κ1) is 16.2. The summed E-state index contributed by atoms with van der Waals surface area (Å²) < 4.78 is 28.5. The molecule has 0 saturated carbocycles. The molecule has 0 bridgehead atoms. The van der Waals surface area contributed by atoms with Crippen molar-refractivity contribution in [1.82, 2.24) is 5.43 Å². The minimum Gasteiger partial charge on any atom is -0.496 e. The number of amides is 1. The van der Waals surface area contributed by atoms with E-state index in [0.717, 1.165) is 12.0 Å². The predicted molar refractivity (Wildman–Crippen MR) is 84.5 cm³/mol. The maximum Gasteiger partial charge on any atom is 0.240 e. The number of rotatable bonds is 4. The van der Waals surface area contributed by atoms with Crippen molar-refractivity contribution in [3.63, 3.8) is 0 Å². The molecule has 0 saturated heterocycles. The molecule has 6 nitrogen and oxygen atoms in total. The van der Waals surface area contributed by atoms with E-state index >= 15 is 0 Å². The van der Waals surface area contributed by atoms with Gasteiger partial charge in [-0.15, -0.1) is 0 Å². The molecule has 0 aromatic heterocycles. The van der Waals surface area contributed by atoms with Crippen LogP contribution in [0.25, 0.3) is 6.08 Å². The van der Waals surface area contributed by atoms with Gasteiger partial charge in [0, 0.05) is 24.2 Å². The van der Waals surface area contributed by atoms with Crippen LogP contribution in [-0.4, -0.2) is 33.4 Å². The van der Waals surface area contributed by atoms with Gasteiger partial charge < -0.3 is 4.74 Å². The van der Waals surface area contributed by atoms with Gasteiger partial charge in [0.05, 0.1) is 17.7 Å². The first-order chi connectivity index (χ1) is 10.3. The standard InChI is InChI=1S/C15H18N2O4S/c1-10-8-15(18)17-16-13(10)6-4-11-9-12(22(3,19)20)5-7-14(11)21-2/h4-7,9-10H,8H2,1-3H3,(H,17,18). The molecule has 2 rings (SSSR count). The Morgan fingerprint density at radius 3 is 2.68 bits per heavy atom. The van der Waals surface area contributed by atoms with Gasteiger partial charge in [0.15, 0.2) is 9.84 Å². The first-order valence-electron chi connectivity index (χ1n) is 6.74. The summed E-state index contributed by atoms with van der Waals surface area (Å²) in [6, 6.07) is 4.67. The Labute approximate surface area is 129 Å². The number of nitrogens with one attached hydrogen (secondary N) is 1. The smallest absolute Gasteiger partial charge is 0.240 e. The Morgan fingerprint density at radius 1 is 1.36 bits per heavy atom. The second kappa shape index (κ2) is 6.31. The van der Waals surface area contributed by atoms with E-state index in [1.165, 1.54) is 13.2 Å². The van der Waals surface area contributed by atoms with Crippen molar-refractivity contribution in [2.75, 3.05) is 13.4 Å². The molecule has 1 aromatic rings. The first-order valence-corrected chi connectivity index (χ1v) is 8.63. The average molecular weight is 322 g/mol. The lowest BCUT2D eigenvalue weighted by atomic mass is 9.99. The van der Waals surface area contributed by atoms with E-state index in [1.807, 2.05) is 6.92 Å². The molecule has 0 radical (unpaired) electrons. The zero-order chi connectivity index (χ0) is 16.3. The van der Waals surface area contributed by atoms with E-state index in [1.54, 1.807) is 24.3 Å². The largest absolute Gasteiger partial charge is 0.496 e. The van der Waals surface area contributed by atoms with Gasteiger partial charge in [-0.05, 0) is 30.4 Å². The molecule has 1 aliphatic heterocycles. The number of hydrazone groups is 1. The molecule has 1 aromatic carbocycles. The van der Waals surface area contributed by atoms with Crippen LogP contribution in [0.3, 0.4) is 0 Å². The summed E-state index contributed by atoms with van der Waals surface area (Å²) in [4.78, 5) is 11.4. The van der Waals surface area contributed by atoms with Crippen LogP contribution in [0, 0.1) is 5.92 Å². The lowest BCUT2D eigenvalue weighted by molar-refractivity contribution is -0.121. The zero-order valence-electron chi connectivity index (χ0n) is 12.7. The monoisotopic (exact) mass is 322 g/mol. The summed E-state index contributed by atoms with van der Waals surface area (Å²) in [5, 5.41) is 4.00. The molecule has 0 spiro atoms. The molecule has 22 heavy (non-hydrogen) atoms. The quantitative estimate of drug-likeness (QED) is 0.913. The lowest BCUT2D eigenvalue weighted by Gasteiger charge is -2.16. The van der Waals surface area contributed by atoms with Gasteiger partial charge in [-0.2, -0.15) is 5.10 Å². The van der Waals surface area contributed by atoms with Crippen LogP contribution in [-0.2, 0) is 14.6 Å². The Kier molecular flexibility index (Phi) is 4.65. The van der Waals surface area contributed by atoms with Crippen molar-refractivity contribution >= 4 is 27.5 Å². The number of nitrogens with zero attached hydrogens (tertiary/aromatic N) is 1. The van der Waals surface area contributed by atoms with Crippen LogP contribution in [0.15, 0.2) is 34.3 Å². The zero-order valence-corrected chi connectivity index (χ0v) is 13.5. The van der Waals surface area contributed by atoms with Crippen molar-refractivity contribution in [2.45, 2.75) is 18.2 Å². The van der Waals surface area contributed by atoms with Gasteiger partial charge >= 0.3 is 0 Å². The van der Waals surface area contributed by atoms with Crippen molar-refractivity contribution in [2.24, 2.45) is 11.0 Å². The van der Waals surface area contributed by atoms with E-state index in [-0.39, 0.29) is 16.7 Å². The Bertz CT molecular complexity index is 751. The van der Waals surface area contributed by atoms with E-state index in [9.17, 15) is 13.2 Å². The normalized spacial score (nSPS) is 19.0. The minimum absolute atomic E-state index is 0.00841. The number of ether oxygens (including phenoxy) is 1. The second-order valence-corrected chi connectivity index (χ2v) is 7.20. The molecule has 1 aliphatic rings. The highest BCUT2D eigenvalue weighted by atomic mass is 32.2. The number of hydrogen-bond donors (Lipinski definition) is 1. The summed E-state index contributed by atoms with van der Waals surface area (Å²) in [6.07, 6.45) is 5.03. The summed E-state index contributed by atoms with van der Waals surface area (Å²) in [5.74, 6) is 0.465. The molecule has 1 atom stereocenters. The minimum atomic E-state index is -3.29. The fourth-order valence-electron chi connectivity index (χ4n) is 2.12. The fourth-order valence-corrected chi connectivity index (χ4v) is 2.77. The highest BCUT2D eigenvalue weighted by Gasteiger charge is 2.18. The third-order valence-electron chi connectivity index (χ3n) is 3.37. The third kappa shape index (κ3) is 3.73. The summed E-state index contributed by atoms with van der Waals surface area (Å²) in [6.45, 7) is 1.91. The Hall–Kier alpha value is -2.15. The van der Waals surface area contributed by atoms with Gasteiger partial charge in [0.25, 0.3) is 0 Å². The summed E-state index contributed by atoms with van der Waals surface area (Å²) in [5.41, 5.74) is 3.80. The van der Waals surface area contributed by atoms with Crippen molar-refractivity contribution in [3.8, 4) is 5.75 Å². The number of carbonyl (C=O) groups excluding carboxylic acids is 1. The van der Waals surface area contributed by atoms with Gasteiger partial charge in [-0.1, -0.05) is 6.92 Å². The Balaban J connectivity index is 2.35. The molecule has 7 heteroatoms.